The molecule has 0 N–H and O–H groups in total. The van der Waals surface area contributed by atoms with Crippen LogP contribution in [0.2, 0.25) is 0 Å². The molecule has 1 aromatic heterocycles. The van der Waals surface area contributed by atoms with E-state index in [2.05, 4.69) is 13.2 Å². The number of hydrogen-bond donors (Lipinski definition) is 0. The molecule has 0 aliphatic carbocycles. The van der Waals surface area contributed by atoms with Crippen molar-refractivity contribution in [1.82, 2.24) is 0 Å². The fraction of sp³-hybridized carbons (Fsp3) is 0.235. The third-order valence-electron chi connectivity index (χ3n) is 3.06. The summed E-state index contributed by atoms with van der Waals surface area (Å²) >= 11 is 0. The van der Waals surface area contributed by atoms with Crippen LogP contribution in [0.4, 0.5) is 4.39 Å². The van der Waals surface area contributed by atoms with Crippen molar-refractivity contribution < 1.29 is 13.5 Å². The fourth-order valence-corrected chi connectivity index (χ4v) is 2.00. The van der Waals surface area contributed by atoms with Crippen molar-refractivity contribution in [2.45, 2.75) is 19.3 Å². The molecule has 1 heterocycles. The van der Waals surface area contributed by atoms with Gasteiger partial charge in [-0.2, -0.15) is 0 Å². The van der Waals surface area contributed by atoms with Crippen molar-refractivity contribution in [3.63, 3.8) is 0 Å². The third kappa shape index (κ3) is 3.40. The Balaban J connectivity index is 2.40. The SMILES string of the molecule is C=CCCOc1ccc2cc(CCC=C)oc(=O)c2c1F. The normalized spacial score (nSPS) is 10.5. The molecule has 0 aliphatic heterocycles. The van der Waals surface area contributed by atoms with Gasteiger partial charge in [-0.05, 0) is 30.4 Å². The zero-order valence-corrected chi connectivity index (χ0v) is 11.7. The van der Waals surface area contributed by atoms with Crippen LogP contribution in [0.25, 0.3) is 10.8 Å². The monoisotopic (exact) mass is 288 g/mol. The third-order valence-corrected chi connectivity index (χ3v) is 3.06. The van der Waals surface area contributed by atoms with Crippen LogP contribution >= 0.6 is 0 Å². The minimum atomic E-state index is -0.682. The van der Waals surface area contributed by atoms with Gasteiger partial charge in [0.05, 0.1) is 6.61 Å². The van der Waals surface area contributed by atoms with E-state index in [1.54, 1.807) is 24.3 Å². The highest BCUT2D eigenvalue weighted by Crippen LogP contribution is 2.25. The topological polar surface area (TPSA) is 39.4 Å². The first kappa shape index (κ1) is 15.0. The Bertz CT molecular complexity index is 716. The number of halogens is 1. The van der Waals surface area contributed by atoms with Gasteiger partial charge in [0.25, 0.3) is 0 Å². The molecule has 0 spiro atoms. The van der Waals surface area contributed by atoms with E-state index < -0.39 is 11.4 Å². The second kappa shape index (κ2) is 6.88. The fourth-order valence-electron chi connectivity index (χ4n) is 2.00. The molecule has 0 unspecified atom stereocenters. The summed E-state index contributed by atoms with van der Waals surface area (Å²) in [4.78, 5) is 12.0. The zero-order chi connectivity index (χ0) is 15.2. The Morgan fingerprint density at radius 3 is 2.71 bits per heavy atom. The van der Waals surface area contributed by atoms with E-state index in [0.717, 1.165) is 0 Å². The van der Waals surface area contributed by atoms with Crippen LogP contribution < -0.4 is 10.4 Å². The van der Waals surface area contributed by atoms with Gasteiger partial charge in [0.15, 0.2) is 11.6 Å². The largest absolute Gasteiger partial charge is 0.490 e. The summed E-state index contributed by atoms with van der Waals surface area (Å²) in [5.74, 6) is -0.108. The van der Waals surface area contributed by atoms with Crippen LogP contribution in [-0.4, -0.2) is 6.61 Å². The van der Waals surface area contributed by atoms with Gasteiger partial charge in [-0.1, -0.05) is 18.2 Å². The van der Waals surface area contributed by atoms with E-state index >= 15 is 0 Å². The Morgan fingerprint density at radius 2 is 2.00 bits per heavy atom. The van der Waals surface area contributed by atoms with Crippen LogP contribution in [-0.2, 0) is 6.42 Å². The molecule has 0 aliphatic rings. The lowest BCUT2D eigenvalue weighted by Crippen LogP contribution is -2.06. The molecule has 1 aromatic carbocycles. The highest BCUT2D eigenvalue weighted by molar-refractivity contribution is 5.83. The highest BCUT2D eigenvalue weighted by atomic mass is 19.1. The lowest BCUT2D eigenvalue weighted by Gasteiger charge is -2.08. The minimum Gasteiger partial charge on any atom is -0.490 e. The van der Waals surface area contributed by atoms with Crippen LogP contribution in [0.15, 0.2) is 52.7 Å². The summed E-state index contributed by atoms with van der Waals surface area (Å²) in [6, 6.07) is 4.87. The Hall–Kier alpha value is -2.36. The molecular formula is C17H17FO3. The minimum absolute atomic E-state index is 0.0514. The van der Waals surface area contributed by atoms with Crippen molar-refractivity contribution in [2.24, 2.45) is 0 Å². The molecule has 0 saturated heterocycles. The summed E-state index contributed by atoms with van der Waals surface area (Å²) in [7, 11) is 0. The molecule has 110 valence electrons. The zero-order valence-electron chi connectivity index (χ0n) is 11.7. The van der Waals surface area contributed by atoms with E-state index in [4.69, 9.17) is 9.15 Å². The maximum atomic E-state index is 14.3. The summed E-state index contributed by atoms with van der Waals surface area (Å²) in [5, 5.41) is 0.437. The summed E-state index contributed by atoms with van der Waals surface area (Å²) in [6.45, 7) is 7.50. The lowest BCUT2D eigenvalue weighted by atomic mass is 10.1. The van der Waals surface area contributed by atoms with E-state index in [9.17, 15) is 9.18 Å². The lowest BCUT2D eigenvalue weighted by molar-refractivity contribution is 0.309. The van der Waals surface area contributed by atoms with Crippen molar-refractivity contribution >= 4 is 10.8 Å². The molecule has 3 nitrogen and oxygen atoms in total. The number of hydrogen-bond acceptors (Lipinski definition) is 3. The number of aryl methyl sites for hydroxylation is 1. The van der Waals surface area contributed by atoms with Crippen LogP contribution in [0.1, 0.15) is 18.6 Å². The standard InChI is InChI=1S/C17H17FO3/c1-3-5-7-13-11-12-8-9-14(20-10-6-4-2)16(18)15(12)17(19)21-13/h3-4,8-9,11H,1-2,5-7,10H2. The van der Waals surface area contributed by atoms with E-state index in [-0.39, 0.29) is 11.1 Å². The van der Waals surface area contributed by atoms with Gasteiger partial charge in [-0.3, -0.25) is 0 Å². The van der Waals surface area contributed by atoms with E-state index in [0.29, 0.717) is 37.0 Å². The summed E-state index contributed by atoms with van der Waals surface area (Å²) < 4.78 is 24.7. The molecule has 0 radical (unpaired) electrons. The van der Waals surface area contributed by atoms with Crippen molar-refractivity contribution in [3.8, 4) is 5.75 Å². The summed E-state index contributed by atoms with van der Waals surface area (Å²) in [5.41, 5.74) is -0.682. The predicted octanol–water partition coefficient (Wildman–Crippen LogP) is 4.01. The quantitative estimate of drug-likeness (QED) is 0.571. The van der Waals surface area contributed by atoms with Gasteiger partial charge in [-0.25, -0.2) is 9.18 Å². The van der Waals surface area contributed by atoms with Gasteiger partial charge in [0.1, 0.15) is 11.1 Å². The van der Waals surface area contributed by atoms with Gasteiger partial charge in [0, 0.05) is 6.42 Å². The van der Waals surface area contributed by atoms with E-state index in [1.165, 1.54) is 6.07 Å². The average molecular weight is 288 g/mol. The molecular weight excluding hydrogens is 271 g/mol. The van der Waals surface area contributed by atoms with Crippen molar-refractivity contribution in [3.05, 3.63) is 65.5 Å². The maximum Gasteiger partial charge on any atom is 0.346 e. The molecule has 2 rings (SSSR count). The first-order chi connectivity index (χ1) is 10.2. The van der Waals surface area contributed by atoms with E-state index in [1.807, 2.05) is 0 Å². The van der Waals surface area contributed by atoms with Crippen LogP contribution in [0.5, 0.6) is 5.75 Å². The maximum absolute atomic E-state index is 14.3. The molecule has 21 heavy (non-hydrogen) atoms. The molecule has 0 bridgehead atoms. The number of rotatable bonds is 7. The first-order valence-electron chi connectivity index (χ1n) is 6.77. The Labute approximate surface area is 122 Å². The Morgan fingerprint density at radius 1 is 1.24 bits per heavy atom. The number of ether oxygens (including phenoxy) is 1. The second-order valence-electron chi connectivity index (χ2n) is 4.60. The van der Waals surface area contributed by atoms with Crippen LogP contribution in [0, 0.1) is 5.82 Å². The number of benzene rings is 1. The molecule has 0 fully saturated rings. The Kier molecular flexibility index (Phi) is 4.93. The van der Waals surface area contributed by atoms with Crippen LogP contribution in [0.3, 0.4) is 0 Å². The number of fused-ring (bicyclic) bond motifs is 1. The molecule has 0 saturated carbocycles. The van der Waals surface area contributed by atoms with Gasteiger partial charge in [0.2, 0.25) is 0 Å². The van der Waals surface area contributed by atoms with Crippen molar-refractivity contribution in [2.75, 3.05) is 6.61 Å². The first-order valence-corrected chi connectivity index (χ1v) is 6.77. The smallest absolute Gasteiger partial charge is 0.346 e. The number of allylic oxidation sites excluding steroid dienone is 1. The van der Waals surface area contributed by atoms with Gasteiger partial charge in [-0.15, -0.1) is 13.2 Å². The molecule has 0 amide bonds. The molecule has 0 atom stereocenters. The second-order valence-corrected chi connectivity index (χ2v) is 4.60. The molecule has 4 heteroatoms. The highest BCUT2D eigenvalue weighted by Gasteiger charge is 2.14. The predicted molar refractivity (Wildman–Crippen MR) is 81.3 cm³/mol. The average Bonchev–Trinajstić information content (AvgIpc) is 2.47. The van der Waals surface area contributed by atoms with Gasteiger partial charge < -0.3 is 9.15 Å². The summed E-state index contributed by atoms with van der Waals surface area (Å²) in [6.07, 6.45) is 5.28. The van der Waals surface area contributed by atoms with Crippen molar-refractivity contribution in [1.29, 1.82) is 0 Å². The van der Waals surface area contributed by atoms with Gasteiger partial charge >= 0.3 is 5.63 Å². The molecule has 2 aromatic rings.